The summed E-state index contributed by atoms with van der Waals surface area (Å²) >= 11 is 0. The number of likely N-dealkylation sites (N-methyl/N-ethyl adjacent to an activating group) is 1. The molecule has 0 aliphatic carbocycles. The molecule has 114 valence electrons. The van der Waals surface area contributed by atoms with Crippen LogP contribution in [0.25, 0.3) is 0 Å². The number of benzene rings is 1. The number of terminal acetylenes is 1. The largest absolute Gasteiger partial charge is 0.381 e. The highest BCUT2D eigenvalue weighted by Crippen LogP contribution is 2.39. The fraction of sp³-hybridized carbons (Fsp3) is 0.579. The quantitative estimate of drug-likeness (QED) is 0.611. The summed E-state index contributed by atoms with van der Waals surface area (Å²) < 4.78 is 5.64. The van der Waals surface area contributed by atoms with E-state index in [0.29, 0.717) is 6.04 Å². The summed E-state index contributed by atoms with van der Waals surface area (Å²) in [6, 6.07) is 11.4. The summed E-state index contributed by atoms with van der Waals surface area (Å²) in [7, 11) is 0. The fourth-order valence-corrected chi connectivity index (χ4v) is 3.57. The van der Waals surface area contributed by atoms with E-state index in [0.717, 1.165) is 51.9 Å². The van der Waals surface area contributed by atoms with E-state index in [-0.39, 0.29) is 5.41 Å². The Morgan fingerprint density at radius 2 is 2.00 bits per heavy atom. The maximum atomic E-state index is 5.64. The van der Waals surface area contributed by atoms with Crippen LogP contribution in [0.15, 0.2) is 30.3 Å². The van der Waals surface area contributed by atoms with Gasteiger partial charge < -0.3 is 10.1 Å². The molecule has 0 aromatic heterocycles. The van der Waals surface area contributed by atoms with Crippen molar-refractivity contribution in [2.45, 2.75) is 50.5 Å². The molecule has 1 aliphatic rings. The van der Waals surface area contributed by atoms with Crippen molar-refractivity contribution in [3.05, 3.63) is 35.9 Å². The zero-order chi connectivity index (χ0) is 15.0. The van der Waals surface area contributed by atoms with E-state index in [1.165, 1.54) is 5.56 Å². The van der Waals surface area contributed by atoms with Crippen LogP contribution in [0.3, 0.4) is 0 Å². The zero-order valence-corrected chi connectivity index (χ0v) is 13.1. The van der Waals surface area contributed by atoms with Gasteiger partial charge in [-0.3, -0.25) is 0 Å². The molecule has 2 rings (SSSR count). The number of hydrogen-bond acceptors (Lipinski definition) is 2. The van der Waals surface area contributed by atoms with Crippen LogP contribution >= 0.6 is 0 Å². The second-order valence-electron chi connectivity index (χ2n) is 5.84. The van der Waals surface area contributed by atoms with Gasteiger partial charge in [-0.15, -0.1) is 12.3 Å². The first kappa shape index (κ1) is 16.1. The van der Waals surface area contributed by atoms with Gasteiger partial charge in [0.2, 0.25) is 0 Å². The van der Waals surface area contributed by atoms with Crippen molar-refractivity contribution in [1.82, 2.24) is 5.32 Å². The second-order valence-corrected chi connectivity index (χ2v) is 5.84. The van der Waals surface area contributed by atoms with Crippen molar-refractivity contribution in [3.63, 3.8) is 0 Å². The van der Waals surface area contributed by atoms with Crippen molar-refractivity contribution in [2.75, 3.05) is 19.8 Å². The van der Waals surface area contributed by atoms with Gasteiger partial charge >= 0.3 is 0 Å². The molecule has 1 aliphatic heterocycles. The lowest BCUT2D eigenvalue weighted by atomic mass is 9.67. The molecule has 21 heavy (non-hydrogen) atoms. The van der Waals surface area contributed by atoms with Crippen molar-refractivity contribution in [3.8, 4) is 12.3 Å². The van der Waals surface area contributed by atoms with E-state index < -0.39 is 0 Å². The topological polar surface area (TPSA) is 21.3 Å². The molecule has 0 amide bonds. The molecule has 2 nitrogen and oxygen atoms in total. The molecule has 0 bridgehead atoms. The van der Waals surface area contributed by atoms with Gasteiger partial charge in [0.05, 0.1) is 0 Å². The summed E-state index contributed by atoms with van der Waals surface area (Å²) in [4.78, 5) is 0. The lowest BCUT2D eigenvalue weighted by molar-refractivity contribution is 0.0329. The van der Waals surface area contributed by atoms with E-state index in [9.17, 15) is 0 Å². The van der Waals surface area contributed by atoms with E-state index in [1.54, 1.807) is 0 Å². The molecule has 0 saturated carbocycles. The van der Waals surface area contributed by atoms with Gasteiger partial charge in [0.1, 0.15) is 0 Å². The normalized spacial score (nSPS) is 18.9. The molecule has 1 aromatic carbocycles. The molecule has 1 N–H and O–H groups in total. The number of ether oxygens (including phenoxy) is 1. The minimum absolute atomic E-state index is 0.185. The number of nitrogens with one attached hydrogen (secondary N) is 1. The van der Waals surface area contributed by atoms with Gasteiger partial charge in [0.15, 0.2) is 0 Å². The smallest absolute Gasteiger partial charge is 0.0475 e. The van der Waals surface area contributed by atoms with Crippen LogP contribution < -0.4 is 5.32 Å². The van der Waals surface area contributed by atoms with Crippen LogP contribution in [0, 0.1) is 12.3 Å². The summed E-state index contributed by atoms with van der Waals surface area (Å²) in [6.45, 7) is 4.89. The summed E-state index contributed by atoms with van der Waals surface area (Å²) in [5, 5.41) is 3.73. The Balaban J connectivity index is 2.25. The lowest BCUT2D eigenvalue weighted by Crippen LogP contribution is -2.51. The molecule has 1 saturated heterocycles. The van der Waals surface area contributed by atoms with Crippen LogP contribution in [0.4, 0.5) is 0 Å². The Morgan fingerprint density at radius 3 is 2.62 bits per heavy atom. The van der Waals surface area contributed by atoms with Crippen LogP contribution in [-0.2, 0) is 10.2 Å². The molecule has 1 fully saturated rings. The van der Waals surface area contributed by atoms with Crippen LogP contribution in [-0.4, -0.2) is 25.8 Å². The first-order valence-corrected chi connectivity index (χ1v) is 8.13. The predicted octanol–water partition coefficient (Wildman–Crippen LogP) is 3.52. The SMILES string of the molecule is C#CCCCC(NCC)C1(c2ccccc2)CCOCC1. The second kappa shape index (κ2) is 8.22. The fourth-order valence-electron chi connectivity index (χ4n) is 3.57. The predicted molar refractivity (Wildman–Crippen MR) is 88.3 cm³/mol. The van der Waals surface area contributed by atoms with Gasteiger partial charge in [-0.2, -0.15) is 0 Å². The molecule has 1 heterocycles. The highest BCUT2D eigenvalue weighted by molar-refractivity contribution is 5.28. The van der Waals surface area contributed by atoms with Gasteiger partial charge in [-0.1, -0.05) is 37.3 Å². The maximum Gasteiger partial charge on any atom is 0.0475 e. The molecule has 0 radical (unpaired) electrons. The Hall–Kier alpha value is -1.30. The maximum absolute atomic E-state index is 5.64. The highest BCUT2D eigenvalue weighted by atomic mass is 16.5. The Morgan fingerprint density at radius 1 is 1.29 bits per heavy atom. The molecular formula is C19H27NO. The average molecular weight is 285 g/mol. The molecule has 0 spiro atoms. The molecule has 1 unspecified atom stereocenters. The molecule has 2 heteroatoms. The average Bonchev–Trinajstić information content (AvgIpc) is 2.56. The van der Waals surface area contributed by atoms with E-state index in [4.69, 9.17) is 11.2 Å². The molecule has 1 aromatic rings. The summed E-state index contributed by atoms with van der Waals surface area (Å²) in [5.74, 6) is 2.77. The first-order valence-electron chi connectivity index (χ1n) is 8.13. The third-order valence-electron chi connectivity index (χ3n) is 4.67. The van der Waals surface area contributed by atoms with E-state index in [2.05, 4.69) is 48.5 Å². The summed E-state index contributed by atoms with van der Waals surface area (Å²) in [5.41, 5.74) is 1.63. The van der Waals surface area contributed by atoms with Crippen molar-refractivity contribution in [1.29, 1.82) is 0 Å². The third-order valence-corrected chi connectivity index (χ3v) is 4.67. The minimum Gasteiger partial charge on any atom is -0.381 e. The van der Waals surface area contributed by atoms with E-state index in [1.807, 2.05) is 0 Å². The standard InChI is InChI=1S/C19H27NO/c1-3-5-7-12-18(20-4-2)19(13-15-21-16-14-19)17-10-8-6-9-11-17/h1,6,8-11,18,20H,4-5,7,12-16H2,2H3. The Bertz CT molecular complexity index is 442. The van der Waals surface area contributed by atoms with Crippen molar-refractivity contribution in [2.24, 2.45) is 0 Å². The number of unbranched alkanes of at least 4 members (excludes halogenated alkanes) is 1. The summed E-state index contributed by atoms with van der Waals surface area (Å²) in [6.07, 6.45) is 10.7. The monoisotopic (exact) mass is 285 g/mol. The van der Waals surface area contributed by atoms with E-state index >= 15 is 0 Å². The third kappa shape index (κ3) is 3.87. The van der Waals surface area contributed by atoms with Gasteiger partial charge in [-0.25, -0.2) is 0 Å². The molecule has 1 atom stereocenters. The first-order chi connectivity index (χ1) is 10.3. The van der Waals surface area contributed by atoms with Crippen LogP contribution in [0.2, 0.25) is 0 Å². The van der Waals surface area contributed by atoms with Crippen molar-refractivity contribution < 1.29 is 4.74 Å². The lowest BCUT2D eigenvalue weighted by Gasteiger charge is -2.44. The Labute approximate surface area is 129 Å². The van der Waals surface area contributed by atoms with Gasteiger partial charge in [-0.05, 0) is 37.8 Å². The zero-order valence-electron chi connectivity index (χ0n) is 13.1. The molecular weight excluding hydrogens is 258 g/mol. The Kier molecular flexibility index (Phi) is 6.29. The van der Waals surface area contributed by atoms with Gasteiger partial charge in [0.25, 0.3) is 0 Å². The van der Waals surface area contributed by atoms with Crippen molar-refractivity contribution >= 4 is 0 Å². The highest BCUT2D eigenvalue weighted by Gasteiger charge is 2.40. The number of rotatable bonds is 7. The minimum atomic E-state index is 0.185. The van der Waals surface area contributed by atoms with Crippen LogP contribution in [0.5, 0.6) is 0 Å². The van der Waals surface area contributed by atoms with Gasteiger partial charge in [0, 0.05) is 31.1 Å². The van der Waals surface area contributed by atoms with Crippen LogP contribution in [0.1, 0.15) is 44.6 Å². The number of hydrogen-bond donors (Lipinski definition) is 1.